The molecule has 0 saturated heterocycles. The number of aryl methyl sites for hydroxylation is 1. The van der Waals surface area contributed by atoms with E-state index in [1.807, 2.05) is 0 Å². The lowest BCUT2D eigenvalue weighted by Gasteiger charge is -1.92. The molecular formula is C7H7ClN2O3. The van der Waals surface area contributed by atoms with Crippen LogP contribution in [0, 0.1) is 6.92 Å². The molecule has 0 saturated carbocycles. The van der Waals surface area contributed by atoms with Crippen LogP contribution in [0.25, 0.3) is 0 Å². The number of nitrogens with zero attached hydrogens (tertiary/aromatic N) is 2. The molecule has 70 valence electrons. The largest absolute Gasteiger partial charge is 0.343 e. The average molecular weight is 203 g/mol. The predicted molar refractivity (Wildman–Crippen MR) is 46.4 cm³/mol. The third-order valence-corrected chi connectivity index (χ3v) is 1.75. The summed E-state index contributed by atoms with van der Waals surface area (Å²) in [5.41, 5.74) is -0.398. The molecular weight excluding hydrogens is 196 g/mol. The molecule has 1 aromatic heterocycles. The minimum absolute atomic E-state index is 0.334. The molecule has 0 bridgehead atoms. The van der Waals surface area contributed by atoms with Gasteiger partial charge in [0.1, 0.15) is 0 Å². The maximum Gasteiger partial charge on any atom is 0.343 e. The van der Waals surface area contributed by atoms with Gasteiger partial charge in [0.25, 0.3) is 0 Å². The zero-order chi connectivity index (χ0) is 10.2. The van der Waals surface area contributed by atoms with Crippen molar-refractivity contribution in [2.45, 2.75) is 13.8 Å². The number of hydrogen-bond acceptors (Lipinski definition) is 3. The van der Waals surface area contributed by atoms with Crippen LogP contribution in [0.4, 0.5) is 4.79 Å². The fraction of sp³-hybridized carbons (Fsp3) is 0.286. The van der Waals surface area contributed by atoms with Gasteiger partial charge in [-0.2, -0.15) is 0 Å². The van der Waals surface area contributed by atoms with Crippen LogP contribution in [0.2, 0.25) is 0 Å². The summed E-state index contributed by atoms with van der Waals surface area (Å²) in [4.78, 5) is 32.8. The Morgan fingerprint density at radius 3 is 2.23 bits per heavy atom. The maximum absolute atomic E-state index is 11.3. The number of rotatable bonds is 0. The molecule has 0 spiro atoms. The Hall–Kier alpha value is -1.36. The van der Waals surface area contributed by atoms with Gasteiger partial charge in [0.05, 0.1) is 0 Å². The van der Waals surface area contributed by atoms with Crippen molar-refractivity contribution in [3.63, 3.8) is 0 Å². The van der Waals surface area contributed by atoms with Crippen molar-refractivity contribution >= 4 is 22.9 Å². The lowest BCUT2D eigenvalue weighted by atomic mass is 10.5. The zero-order valence-electron chi connectivity index (χ0n) is 7.07. The van der Waals surface area contributed by atoms with Gasteiger partial charge in [0, 0.05) is 18.8 Å². The van der Waals surface area contributed by atoms with E-state index in [0.717, 1.165) is 9.13 Å². The van der Waals surface area contributed by atoms with Crippen molar-refractivity contribution in [1.29, 1.82) is 0 Å². The molecule has 0 unspecified atom stereocenters. The molecule has 0 fully saturated rings. The van der Waals surface area contributed by atoms with Crippen LogP contribution in [0.15, 0.2) is 11.0 Å². The molecule has 0 aliphatic heterocycles. The molecule has 0 aliphatic rings. The van der Waals surface area contributed by atoms with Gasteiger partial charge in [-0.25, -0.2) is 13.9 Å². The molecule has 1 rings (SSSR count). The van der Waals surface area contributed by atoms with Gasteiger partial charge in [-0.1, -0.05) is 0 Å². The molecule has 0 aliphatic carbocycles. The van der Waals surface area contributed by atoms with E-state index < -0.39 is 17.0 Å². The summed E-state index contributed by atoms with van der Waals surface area (Å²) in [5.74, 6) is -0.454. The van der Waals surface area contributed by atoms with Crippen LogP contribution in [0.1, 0.15) is 17.4 Å². The molecule has 1 heterocycles. The van der Waals surface area contributed by atoms with E-state index in [4.69, 9.17) is 11.6 Å². The lowest BCUT2D eigenvalue weighted by molar-refractivity contribution is 0.0932. The zero-order valence-corrected chi connectivity index (χ0v) is 7.83. The Morgan fingerprint density at radius 2 is 2.00 bits per heavy atom. The molecule has 0 amide bonds. The summed E-state index contributed by atoms with van der Waals surface area (Å²) in [6.45, 7) is 2.74. The summed E-state index contributed by atoms with van der Waals surface area (Å²) < 4.78 is 1.55. The second kappa shape index (κ2) is 3.18. The minimum Gasteiger partial charge on any atom is -0.274 e. The topological polar surface area (TPSA) is 61.1 Å². The highest BCUT2D eigenvalue weighted by Crippen LogP contribution is 1.98. The smallest absolute Gasteiger partial charge is 0.274 e. The Bertz CT molecular complexity index is 429. The Labute approximate surface area is 78.5 Å². The first-order chi connectivity index (χ1) is 5.95. The summed E-state index contributed by atoms with van der Waals surface area (Å²) >= 11 is 5.13. The van der Waals surface area contributed by atoms with Crippen LogP contribution >= 0.6 is 11.6 Å². The van der Waals surface area contributed by atoms with Gasteiger partial charge in [0.2, 0.25) is 5.91 Å². The number of carbonyl (C=O) groups excluding carboxylic acids is 2. The SMILES string of the molecule is CC(=O)n1cc(C)n(C(=O)Cl)c1=O. The van der Waals surface area contributed by atoms with Gasteiger partial charge in [-0.3, -0.25) is 9.59 Å². The highest BCUT2D eigenvalue weighted by Gasteiger charge is 2.14. The van der Waals surface area contributed by atoms with Crippen molar-refractivity contribution in [2.24, 2.45) is 0 Å². The van der Waals surface area contributed by atoms with Crippen molar-refractivity contribution in [3.05, 3.63) is 22.4 Å². The number of halogens is 1. The monoisotopic (exact) mass is 202 g/mol. The summed E-state index contributed by atoms with van der Waals surface area (Å²) in [7, 11) is 0. The summed E-state index contributed by atoms with van der Waals surface area (Å²) in [6, 6.07) is 0. The highest BCUT2D eigenvalue weighted by atomic mass is 35.5. The average Bonchev–Trinajstić information content (AvgIpc) is 2.26. The van der Waals surface area contributed by atoms with E-state index in [1.54, 1.807) is 0 Å². The number of hydrogen-bond donors (Lipinski definition) is 0. The Morgan fingerprint density at radius 1 is 1.46 bits per heavy atom. The Kier molecular flexibility index (Phi) is 2.38. The van der Waals surface area contributed by atoms with E-state index >= 15 is 0 Å². The second-order valence-electron chi connectivity index (χ2n) is 2.53. The molecule has 13 heavy (non-hydrogen) atoms. The normalized spacial score (nSPS) is 10.1. The van der Waals surface area contributed by atoms with Crippen LogP contribution in [-0.2, 0) is 0 Å². The molecule has 1 aromatic rings. The molecule has 0 aromatic carbocycles. The molecule has 5 nitrogen and oxygen atoms in total. The van der Waals surface area contributed by atoms with Crippen LogP contribution in [0.5, 0.6) is 0 Å². The first-order valence-corrected chi connectivity index (χ1v) is 3.84. The van der Waals surface area contributed by atoms with E-state index in [0.29, 0.717) is 5.69 Å². The number of aromatic nitrogens is 2. The molecule has 0 N–H and O–H groups in total. The van der Waals surface area contributed by atoms with Crippen molar-refractivity contribution in [2.75, 3.05) is 0 Å². The van der Waals surface area contributed by atoms with Crippen LogP contribution < -0.4 is 5.69 Å². The standard InChI is InChI=1S/C7H7ClN2O3/c1-4-3-9(5(2)11)7(13)10(4)6(8)12/h3H,1-2H3. The summed E-state index contributed by atoms with van der Waals surface area (Å²) in [6.07, 6.45) is 1.27. The van der Waals surface area contributed by atoms with Crippen molar-refractivity contribution in [3.8, 4) is 0 Å². The quantitative estimate of drug-likeness (QED) is 0.586. The third kappa shape index (κ3) is 1.55. The van der Waals surface area contributed by atoms with Gasteiger partial charge in [-0.15, -0.1) is 0 Å². The highest BCUT2D eigenvalue weighted by molar-refractivity contribution is 6.63. The first kappa shape index (κ1) is 9.73. The van der Waals surface area contributed by atoms with Crippen molar-refractivity contribution in [1.82, 2.24) is 9.13 Å². The number of imidazole rings is 1. The van der Waals surface area contributed by atoms with Gasteiger partial charge < -0.3 is 0 Å². The van der Waals surface area contributed by atoms with Crippen molar-refractivity contribution < 1.29 is 9.59 Å². The van der Waals surface area contributed by atoms with Crippen LogP contribution in [-0.4, -0.2) is 20.4 Å². The van der Waals surface area contributed by atoms with E-state index in [-0.39, 0.29) is 0 Å². The Balaban J connectivity index is 3.49. The maximum atomic E-state index is 11.3. The van der Waals surface area contributed by atoms with Crippen LogP contribution in [0.3, 0.4) is 0 Å². The summed E-state index contributed by atoms with van der Waals surface area (Å²) in [5, 5.41) is -0.914. The second-order valence-corrected chi connectivity index (χ2v) is 2.85. The molecule has 0 radical (unpaired) electrons. The minimum atomic E-state index is -0.914. The lowest BCUT2D eigenvalue weighted by Crippen LogP contribution is -2.29. The first-order valence-electron chi connectivity index (χ1n) is 3.47. The fourth-order valence-corrected chi connectivity index (χ4v) is 1.20. The van der Waals surface area contributed by atoms with Gasteiger partial charge in [0.15, 0.2) is 0 Å². The van der Waals surface area contributed by atoms with E-state index in [1.165, 1.54) is 20.0 Å². The van der Waals surface area contributed by atoms with Gasteiger partial charge >= 0.3 is 11.1 Å². The van der Waals surface area contributed by atoms with E-state index in [9.17, 15) is 14.4 Å². The van der Waals surface area contributed by atoms with Gasteiger partial charge in [-0.05, 0) is 18.5 Å². The molecule has 6 heteroatoms. The third-order valence-electron chi connectivity index (χ3n) is 1.58. The molecule has 0 atom stereocenters. The fourth-order valence-electron chi connectivity index (χ4n) is 0.998. The number of carbonyl (C=O) groups is 2. The predicted octanol–water partition coefficient (Wildman–Crippen LogP) is 0.825. The van der Waals surface area contributed by atoms with E-state index in [2.05, 4.69) is 0 Å².